The minimum atomic E-state index is -4.88. The molecule has 1 aromatic carbocycles. The van der Waals surface area contributed by atoms with Crippen LogP contribution in [0.15, 0.2) is 18.2 Å². The lowest BCUT2D eigenvalue weighted by atomic mass is 10.0. The van der Waals surface area contributed by atoms with Gasteiger partial charge in [0, 0.05) is 11.4 Å². The van der Waals surface area contributed by atoms with Crippen LogP contribution in [0.25, 0.3) is 0 Å². The maximum atomic E-state index is 13.0. The molecule has 0 amide bonds. The number of carboxylic acid groups (broad SMARTS) is 1. The molecule has 0 aliphatic carbocycles. The lowest BCUT2D eigenvalue weighted by molar-refractivity contribution is -0.165. The summed E-state index contributed by atoms with van der Waals surface area (Å²) in [4.78, 5) is 10.2. The van der Waals surface area contributed by atoms with Gasteiger partial charge in [0.1, 0.15) is 0 Å². The van der Waals surface area contributed by atoms with E-state index in [9.17, 15) is 26.7 Å². The monoisotopic (exact) mass is 288 g/mol. The summed E-state index contributed by atoms with van der Waals surface area (Å²) in [5.74, 6) is -6.82. The Kier molecular flexibility index (Phi) is 3.85. The van der Waals surface area contributed by atoms with Crippen molar-refractivity contribution in [3.63, 3.8) is 0 Å². The fourth-order valence-corrected chi connectivity index (χ4v) is 1.54. The van der Waals surface area contributed by atoms with E-state index < -0.39 is 40.6 Å². The first-order valence-corrected chi connectivity index (χ1v) is 4.89. The van der Waals surface area contributed by atoms with Crippen LogP contribution in [0.3, 0.4) is 0 Å². The van der Waals surface area contributed by atoms with Crippen molar-refractivity contribution in [3.05, 3.63) is 34.3 Å². The van der Waals surface area contributed by atoms with E-state index in [1.165, 1.54) is 0 Å². The van der Waals surface area contributed by atoms with E-state index >= 15 is 0 Å². The highest BCUT2D eigenvalue weighted by Crippen LogP contribution is 2.37. The number of rotatable bonds is 3. The van der Waals surface area contributed by atoms with Gasteiger partial charge in [0.25, 0.3) is 0 Å². The number of carbonyl (C=O) groups is 1. The summed E-state index contributed by atoms with van der Waals surface area (Å²) in [6.45, 7) is 0. The lowest BCUT2D eigenvalue weighted by Crippen LogP contribution is -2.31. The number of halogens is 6. The first-order valence-electron chi connectivity index (χ1n) is 4.51. The maximum Gasteiger partial charge on any atom is 0.416 e. The maximum absolute atomic E-state index is 13.0. The van der Waals surface area contributed by atoms with Gasteiger partial charge in [-0.2, -0.15) is 22.0 Å². The Balaban J connectivity index is 3.28. The molecule has 18 heavy (non-hydrogen) atoms. The molecule has 0 aliphatic rings. The Bertz CT molecular complexity index is 470. The molecule has 0 unspecified atom stereocenters. The standard InChI is InChI=1S/C10H6ClF5O2/c11-7-3-1-2-6(10(14,15)16)5(7)4-9(12,13)8(17)18/h1-3H,4H2,(H,17,18). The molecule has 0 fully saturated rings. The van der Waals surface area contributed by atoms with Crippen LogP contribution in [0.5, 0.6) is 0 Å². The minimum absolute atomic E-state index is 0.550. The molecular weight excluding hydrogens is 283 g/mol. The molecule has 0 radical (unpaired) electrons. The van der Waals surface area contributed by atoms with Crippen LogP contribution in [0, 0.1) is 0 Å². The molecule has 0 aliphatic heterocycles. The number of hydrogen-bond donors (Lipinski definition) is 1. The highest BCUT2D eigenvalue weighted by molar-refractivity contribution is 6.31. The van der Waals surface area contributed by atoms with Gasteiger partial charge in [-0.05, 0) is 17.7 Å². The first kappa shape index (κ1) is 14.7. The molecule has 0 heterocycles. The van der Waals surface area contributed by atoms with Crippen LogP contribution in [-0.2, 0) is 17.4 Å². The molecule has 1 rings (SSSR count). The zero-order valence-corrected chi connectivity index (χ0v) is 9.32. The Morgan fingerprint density at radius 3 is 2.22 bits per heavy atom. The zero-order valence-electron chi connectivity index (χ0n) is 8.56. The molecule has 8 heteroatoms. The van der Waals surface area contributed by atoms with Crippen molar-refractivity contribution in [2.24, 2.45) is 0 Å². The van der Waals surface area contributed by atoms with Crippen LogP contribution >= 0.6 is 11.6 Å². The third kappa shape index (κ3) is 3.10. The predicted molar refractivity (Wildman–Crippen MR) is 52.7 cm³/mol. The van der Waals surface area contributed by atoms with E-state index in [4.69, 9.17) is 16.7 Å². The summed E-state index contributed by atoms with van der Waals surface area (Å²) >= 11 is 5.42. The van der Waals surface area contributed by atoms with E-state index in [2.05, 4.69) is 0 Å². The van der Waals surface area contributed by atoms with Crippen molar-refractivity contribution in [3.8, 4) is 0 Å². The molecule has 100 valence electrons. The normalized spacial score (nSPS) is 12.6. The summed E-state index contributed by atoms with van der Waals surface area (Å²) in [5.41, 5.74) is -2.30. The number of carboxylic acids is 1. The van der Waals surface area contributed by atoms with Crippen molar-refractivity contribution >= 4 is 17.6 Å². The summed E-state index contributed by atoms with van der Waals surface area (Å²) in [7, 11) is 0. The van der Waals surface area contributed by atoms with E-state index in [-0.39, 0.29) is 0 Å². The second kappa shape index (κ2) is 4.72. The van der Waals surface area contributed by atoms with Crippen molar-refractivity contribution < 1.29 is 31.9 Å². The highest BCUT2D eigenvalue weighted by atomic mass is 35.5. The van der Waals surface area contributed by atoms with Gasteiger partial charge in [0.2, 0.25) is 0 Å². The van der Waals surface area contributed by atoms with E-state index in [0.29, 0.717) is 6.07 Å². The SMILES string of the molecule is O=C(O)C(F)(F)Cc1c(Cl)cccc1C(F)(F)F. The average molecular weight is 289 g/mol. The summed E-state index contributed by atoms with van der Waals surface area (Å²) in [6.07, 6.45) is -6.49. The van der Waals surface area contributed by atoms with E-state index in [0.717, 1.165) is 12.1 Å². The average Bonchev–Trinajstić information content (AvgIpc) is 2.18. The molecule has 0 atom stereocenters. The Labute approximate surface area is 103 Å². The van der Waals surface area contributed by atoms with Crippen molar-refractivity contribution in [1.82, 2.24) is 0 Å². The van der Waals surface area contributed by atoms with Crippen LogP contribution in [0.4, 0.5) is 22.0 Å². The molecule has 0 bridgehead atoms. The van der Waals surface area contributed by atoms with Gasteiger partial charge in [-0.3, -0.25) is 0 Å². The zero-order chi connectivity index (χ0) is 14.1. The van der Waals surface area contributed by atoms with Gasteiger partial charge < -0.3 is 5.11 Å². The van der Waals surface area contributed by atoms with Gasteiger partial charge in [0.15, 0.2) is 0 Å². The Morgan fingerprint density at radius 1 is 1.22 bits per heavy atom. The molecule has 0 saturated heterocycles. The molecule has 0 aromatic heterocycles. The van der Waals surface area contributed by atoms with Gasteiger partial charge in [-0.1, -0.05) is 17.7 Å². The number of aliphatic carboxylic acids is 1. The van der Waals surface area contributed by atoms with Gasteiger partial charge >= 0.3 is 18.1 Å². The number of alkyl halides is 5. The lowest BCUT2D eigenvalue weighted by Gasteiger charge is -2.17. The second-order valence-electron chi connectivity index (χ2n) is 3.45. The van der Waals surface area contributed by atoms with Gasteiger partial charge in [-0.25, -0.2) is 4.79 Å². The fourth-order valence-electron chi connectivity index (χ4n) is 1.30. The van der Waals surface area contributed by atoms with Crippen LogP contribution < -0.4 is 0 Å². The van der Waals surface area contributed by atoms with Crippen LogP contribution in [-0.4, -0.2) is 17.0 Å². The third-order valence-electron chi connectivity index (χ3n) is 2.14. The molecule has 1 N–H and O–H groups in total. The van der Waals surface area contributed by atoms with E-state index in [1.807, 2.05) is 0 Å². The molecule has 0 saturated carbocycles. The number of hydrogen-bond acceptors (Lipinski definition) is 1. The predicted octanol–water partition coefficient (Wildman–Crippen LogP) is 3.62. The first-order chi connectivity index (χ1) is 8.05. The molecular formula is C10H6ClF5O2. The highest BCUT2D eigenvalue weighted by Gasteiger charge is 2.43. The van der Waals surface area contributed by atoms with Crippen molar-refractivity contribution in [2.75, 3.05) is 0 Å². The summed E-state index contributed by atoms with van der Waals surface area (Å²) in [6, 6.07) is 2.51. The van der Waals surface area contributed by atoms with Crippen LogP contribution in [0.1, 0.15) is 11.1 Å². The smallest absolute Gasteiger partial charge is 0.416 e. The topological polar surface area (TPSA) is 37.3 Å². The second-order valence-corrected chi connectivity index (χ2v) is 3.86. The molecule has 1 aromatic rings. The van der Waals surface area contributed by atoms with Crippen LogP contribution in [0.2, 0.25) is 5.02 Å². The van der Waals surface area contributed by atoms with E-state index in [1.54, 1.807) is 0 Å². The number of benzene rings is 1. The third-order valence-corrected chi connectivity index (χ3v) is 2.49. The quantitative estimate of drug-likeness (QED) is 0.863. The fraction of sp³-hybridized carbons (Fsp3) is 0.300. The van der Waals surface area contributed by atoms with Crippen molar-refractivity contribution in [2.45, 2.75) is 18.5 Å². The summed E-state index contributed by atoms with van der Waals surface area (Å²) in [5, 5.41) is 7.66. The van der Waals surface area contributed by atoms with Gasteiger partial charge in [0.05, 0.1) is 5.56 Å². The Hall–Kier alpha value is -1.37. The van der Waals surface area contributed by atoms with Crippen molar-refractivity contribution in [1.29, 1.82) is 0 Å². The Morgan fingerprint density at radius 2 is 1.78 bits per heavy atom. The minimum Gasteiger partial charge on any atom is -0.477 e. The summed E-state index contributed by atoms with van der Waals surface area (Å²) < 4.78 is 63.6. The van der Waals surface area contributed by atoms with Gasteiger partial charge in [-0.15, -0.1) is 0 Å². The largest absolute Gasteiger partial charge is 0.477 e. The molecule has 0 spiro atoms. The molecule has 2 nitrogen and oxygen atoms in total.